The lowest BCUT2D eigenvalue weighted by atomic mass is 9.99. The minimum Gasteiger partial charge on any atom is -0.480 e. The molecule has 2 atom stereocenters. The van der Waals surface area contributed by atoms with Gasteiger partial charge in [0, 0.05) is 6.42 Å². The molecule has 0 aliphatic carbocycles. The summed E-state index contributed by atoms with van der Waals surface area (Å²) in [5.41, 5.74) is 2.22. The van der Waals surface area contributed by atoms with Crippen LogP contribution < -0.4 is 10.6 Å². The molecule has 0 bridgehead atoms. The average Bonchev–Trinajstić information content (AvgIpc) is 2.56. The maximum atomic E-state index is 11.8. The van der Waals surface area contributed by atoms with E-state index in [2.05, 4.69) is 10.6 Å². The summed E-state index contributed by atoms with van der Waals surface area (Å²) in [6.07, 6.45) is 1.52. The van der Waals surface area contributed by atoms with Crippen LogP contribution in [0.2, 0.25) is 0 Å². The second kappa shape index (κ2) is 9.70. The highest BCUT2D eigenvalue weighted by molar-refractivity contribution is 5.88. The molecule has 6 nitrogen and oxygen atoms in total. The minimum atomic E-state index is -1.07. The number of carbonyl (C=O) groups excluding carboxylic acids is 2. The van der Waals surface area contributed by atoms with E-state index in [9.17, 15) is 14.4 Å². The lowest BCUT2D eigenvalue weighted by molar-refractivity contribution is -0.143. The van der Waals surface area contributed by atoms with Gasteiger partial charge in [0.25, 0.3) is 0 Å². The number of aliphatic carboxylic acids is 1. The number of benzene rings is 1. The van der Waals surface area contributed by atoms with E-state index in [1.54, 1.807) is 6.92 Å². The van der Waals surface area contributed by atoms with Gasteiger partial charge < -0.3 is 15.7 Å². The van der Waals surface area contributed by atoms with Gasteiger partial charge in [0.1, 0.15) is 6.04 Å². The fourth-order valence-corrected chi connectivity index (χ4v) is 2.19. The zero-order valence-corrected chi connectivity index (χ0v) is 14.5. The van der Waals surface area contributed by atoms with Crippen molar-refractivity contribution in [1.82, 2.24) is 10.6 Å². The highest BCUT2D eigenvalue weighted by atomic mass is 16.4. The van der Waals surface area contributed by atoms with Crippen LogP contribution in [0.15, 0.2) is 24.3 Å². The van der Waals surface area contributed by atoms with Gasteiger partial charge in [0.05, 0.1) is 6.54 Å². The standard InChI is InChI=1S/C18H26N2O4/c1-4-13(3)17(18(23)24)20-16(22)11-19-15(21)10-9-14-7-5-12(2)6-8-14/h5-8,13,17H,4,9-11H2,1-3H3,(H,19,21)(H,20,22)(H,23,24)/t13-,17-/m0/s1. The number of hydrogen-bond donors (Lipinski definition) is 3. The van der Waals surface area contributed by atoms with E-state index < -0.39 is 17.9 Å². The number of amides is 2. The van der Waals surface area contributed by atoms with Gasteiger partial charge >= 0.3 is 5.97 Å². The summed E-state index contributed by atoms with van der Waals surface area (Å²) in [5, 5.41) is 14.1. The number of hydrogen-bond acceptors (Lipinski definition) is 3. The van der Waals surface area contributed by atoms with Gasteiger partial charge in [-0.3, -0.25) is 9.59 Å². The Labute approximate surface area is 142 Å². The third-order valence-corrected chi connectivity index (χ3v) is 4.00. The van der Waals surface area contributed by atoms with Crippen molar-refractivity contribution in [2.75, 3.05) is 6.54 Å². The molecule has 0 unspecified atom stereocenters. The average molecular weight is 334 g/mol. The smallest absolute Gasteiger partial charge is 0.326 e. The molecule has 1 rings (SSSR count). The molecule has 0 aliphatic rings. The van der Waals surface area contributed by atoms with E-state index in [1.165, 1.54) is 0 Å². The molecular weight excluding hydrogens is 308 g/mol. The van der Waals surface area contributed by atoms with E-state index in [-0.39, 0.29) is 24.8 Å². The Bertz CT molecular complexity index is 569. The van der Waals surface area contributed by atoms with Crippen LogP contribution in [0.1, 0.15) is 37.8 Å². The molecular formula is C18H26N2O4. The molecule has 0 aromatic heterocycles. The Morgan fingerprint density at radius 2 is 1.75 bits per heavy atom. The Kier molecular flexibility index (Phi) is 7.95. The van der Waals surface area contributed by atoms with Crippen LogP contribution in [-0.4, -0.2) is 35.5 Å². The summed E-state index contributed by atoms with van der Waals surface area (Å²) in [5.74, 6) is -1.97. The van der Waals surface area contributed by atoms with Gasteiger partial charge in [0.2, 0.25) is 11.8 Å². The van der Waals surface area contributed by atoms with Crippen molar-refractivity contribution >= 4 is 17.8 Å². The van der Waals surface area contributed by atoms with Crippen molar-refractivity contribution < 1.29 is 19.5 Å². The topological polar surface area (TPSA) is 95.5 Å². The number of carboxylic acid groups (broad SMARTS) is 1. The highest BCUT2D eigenvalue weighted by Gasteiger charge is 2.25. The molecule has 0 fully saturated rings. The van der Waals surface area contributed by atoms with E-state index in [4.69, 9.17) is 5.11 Å². The Morgan fingerprint density at radius 1 is 1.12 bits per heavy atom. The zero-order valence-electron chi connectivity index (χ0n) is 14.5. The number of nitrogens with one attached hydrogen (secondary N) is 2. The summed E-state index contributed by atoms with van der Waals surface area (Å²) in [4.78, 5) is 34.8. The molecule has 0 saturated carbocycles. The number of aryl methyl sites for hydroxylation is 2. The number of rotatable bonds is 9. The Balaban J connectivity index is 2.36. The fourth-order valence-electron chi connectivity index (χ4n) is 2.19. The van der Waals surface area contributed by atoms with Gasteiger partial charge in [-0.05, 0) is 24.8 Å². The van der Waals surface area contributed by atoms with Crippen LogP contribution in [-0.2, 0) is 20.8 Å². The summed E-state index contributed by atoms with van der Waals surface area (Å²) in [7, 11) is 0. The van der Waals surface area contributed by atoms with Crippen LogP contribution >= 0.6 is 0 Å². The highest BCUT2D eigenvalue weighted by Crippen LogP contribution is 2.08. The fraction of sp³-hybridized carbons (Fsp3) is 0.500. The molecule has 0 aliphatic heterocycles. The summed E-state index contributed by atoms with van der Waals surface area (Å²) in [6.45, 7) is 5.41. The monoisotopic (exact) mass is 334 g/mol. The number of carbonyl (C=O) groups is 3. The SMILES string of the molecule is CC[C@H](C)[C@H](NC(=O)CNC(=O)CCc1ccc(C)cc1)C(=O)O. The lowest BCUT2D eigenvalue weighted by Crippen LogP contribution is -2.48. The van der Waals surface area contributed by atoms with Gasteiger partial charge in [-0.2, -0.15) is 0 Å². The van der Waals surface area contributed by atoms with Crippen LogP contribution in [0.25, 0.3) is 0 Å². The molecule has 2 amide bonds. The van der Waals surface area contributed by atoms with Crippen molar-refractivity contribution in [3.63, 3.8) is 0 Å². The van der Waals surface area contributed by atoms with Crippen molar-refractivity contribution in [3.05, 3.63) is 35.4 Å². The maximum Gasteiger partial charge on any atom is 0.326 e. The summed E-state index contributed by atoms with van der Waals surface area (Å²) in [6, 6.07) is 6.98. The summed E-state index contributed by atoms with van der Waals surface area (Å²) < 4.78 is 0. The number of carboxylic acids is 1. The van der Waals surface area contributed by atoms with Gasteiger partial charge in [0.15, 0.2) is 0 Å². The van der Waals surface area contributed by atoms with Crippen LogP contribution in [0.4, 0.5) is 0 Å². The third-order valence-electron chi connectivity index (χ3n) is 4.00. The van der Waals surface area contributed by atoms with Gasteiger partial charge in [-0.25, -0.2) is 4.79 Å². The lowest BCUT2D eigenvalue weighted by Gasteiger charge is -2.20. The first-order valence-corrected chi connectivity index (χ1v) is 8.17. The molecule has 1 aromatic rings. The molecule has 0 heterocycles. The zero-order chi connectivity index (χ0) is 18.1. The van der Waals surface area contributed by atoms with E-state index >= 15 is 0 Å². The predicted octanol–water partition coefficient (Wildman–Crippen LogP) is 1.66. The van der Waals surface area contributed by atoms with E-state index in [0.717, 1.165) is 11.1 Å². The van der Waals surface area contributed by atoms with Crippen molar-refractivity contribution in [2.24, 2.45) is 5.92 Å². The Hall–Kier alpha value is -2.37. The molecule has 3 N–H and O–H groups in total. The van der Waals surface area contributed by atoms with Gasteiger partial charge in [-0.1, -0.05) is 50.1 Å². The van der Waals surface area contributed by atoms with Crippen LogP contribution in [0, 0.1) is 12.8 Å². The second-order valence-electron chi connectivity index (χ2n) is 6.03. The first-order valence-electron chi connectivity index (χ1n) is 8.17. The molecule has 1 aromatic carbocycles. The summed E-state index contributed by atoms with van der Waals surface area (Å²) >= 11 is 0. The van der Waals surface area contributed by atoms with Gasteiger partial charge in [-0.15, -0.1) is 0 Å². The van der Waals surface area contributed by atoms with Crippen LogP contribution in [0.5, 0.6) is 0 Å². The van der Waals surface area contributed by atoms with E-state index in [1.807, 2.05) is 38.1 Å². The van der Waals surface area contributed by atoms with Crippen molar-refractivity contribution in [2.45, 2.75) is 46.1 Å². The second-order valence-corrected chi connectivity index (χ2v) is 6.03. The van der Waals surface area contributed by atoms with Crippen molar-refractivity contribution in [1.29, 1.82) is 0 Å². The molecule has 0 radical (unpaired) electrons. The first-order chi connectivity index (χ1) is 11.3. The van der Waals surface area contributed by atoms with Crippen molar-refractivity contribution in [3.8, 4) is 0 Å². The predicted molar refractivity (Wildman–Crippen MR) is 91.5 cm³/mol. The first kappa shape index (κ1) is 19.7. The van der Waals surface area contributed by atoms with Crippen LogP contribution in [0.3, 0.4) is 0 Å². The van der Waals surface area contributed by atoms with E-state index in [0.29, 0.717) is 12.8 Å². The Morgan fingerprint density at radius 3 is 2.29 bits per heavy atom. The maximum absolute atomic E-state index is 11.8. The largest absolute Gasteiger partial charge is 0.480 e. The molecule has 24 heavy (non-hydrogen) atoms. The minimum absolute atomic E-state index is 0.177. The molecule has 6 heteroatoms. The normalized spacial score (nSPS) is 13.0. The molecule has 132 valence electrons. The third kappa shape index (κ3) is 6.81. The molecule has 0 saturated heterocycles. The molecule has 0 spiro atoms. The quantitative estimate of drug-likeness (QED) is 0.640.